The Morgan fingerprint density at radius 3 is 2.45 bits per heavy atom. The lowest BCUT2D eigenvalue weighted by molar-refractivity contribution is -0.142. The highest BCUT2D eigenvalue weighted by molar-refractivity contribution is 7.89. The fourth-order valence-electron chi connectivity index (χ4n) is 2.11. The molecule has 0 aliphatic rings. The van der Waals surface area contributed by atoms with Gasteiger partial charge in [0.2, 0.25) is 10.0 Å². The fraction of sp³-hybridized carbons (Fsp3) is 0.400. The van der Waals surface area contributed by atoms with Crippen LogP contribution in [0.25, 0.3) is 0 Å². The number of hydrogen-bond acceptors (Lipinski definition) is 4. The maximum absolute atomic E-state index is 12.2. The van der Waals surface area contributed by atoms with Crippen molar-refractivity contribution in [1.82, 2.24) is 4.31 Å². The summed E-state index contributed by atoms with van der Waals surface area (Å²) >= 11 is 0. The highest BCUT2D eigenvalue weighted by Crippen LogP contribution is 2.12. The molecule has 0 fully saturated rings. The summed E-state index contributed by atoms with van der Waals surface area (Å²) < 4.78 is 25.2. The molecule has 7 heteroatoms. The van der Waals surface area contributed by atoms with Crippen molar-refractivity contribution in [3.63, 3.8) is 0 Å². The second-order valence-electron chi connectivity index (χ2n) is 4.80. The van der Waals surface area contributed by atoms with E-state index in [9.17, 15) is 18.3 Å². The van der Waals surface area contributed by atoms with Gasteiger partial charge in [-0.3, -0.25) is 4.79 Å². The molecule has 0 radical (unpaired) electrons. The number of benzene rings is 1. The Morgan fingerprint density at radius 1 is 1.32 bits per heavy atom. The van der Waals surface area contributed by atoms with Crippen LogP contribution in [0.4, 0.5) is 0 Å². The summed E-state index contributed by atoms with van der Waals surface area (Å²) in [6.07, 6.45) is 2.29. The second kappa shape index (κ2) is 8.67. The topological polar surface area (TPSA) is 94.9 Å². The van der Waals surface area contributed by atoms with Gasteiger partial charge in [0.25, 0.3) is 0 Å². The summed E-state index contributed by atoms with van der Waals surface area (Å²) in [6.45, 7) is 2.63. The molecule has 1 unspecified atom stereocenters. The first kappa shape index (κ1) is 18.3. The zero-order valence-electron chi connectivity index (χ0n) is 12.3. The van der Waals surface area contributed by atoms with Crippen molar-refractivity contribution < 1.29 is 23.4 Å². The molecule has 122 valence electrons. The molecule has 1 rings (SSSR count). The van der Waals surface area contributed by atoms with Crippen LogP contribution in [0.5, 0.6) is 0 Å². The molecule has 0 heterocycles. The number of aliphatic hydroxyl groups is 1. The maximum Gasteiger partial charge on any atom is 0.324 e. The van der Waals surface area contributed by atoms with Gasteiger partial charge in [0.05, 0.1) is 12.4 Å². The number of rotatable bonds is 10. The van der Waals surface area contributed by atoms with Crippen LogP contribution < -0.4 is 0 Å². The Hall–Kier alpha value is -1.70. The molecular weight excluding hydrogens is 306 g/mol. The Balaban J connectivity index is 2.82. The molecule has 0 aromatic heterocycles. The van der Waals surface area contributed by atoms with E-state index >= 15 is 0 Å². The third kappa shape index (κ3) is 5.25. The summed E-state index contributed by atoms with van der Waals surface area (Å²) in [4.78, 5) is 11.2. The fourth-order valence-corrected chi connectivity index (χ4v) is 3.55. The largest absolute Gasteiger partial charge is 0.480 e. The SMILES string of the molecule is C=CCS(=O)(=O)N(CCCc1ccccc1)C(CO)C(=O)O. The number of carboxylic acids is 1. The van der Waals surface area contributed by atoms with Crippen molar-refractivity contribution >= 4 is 16.0 Å². The molecule has 2 N–H and O–H groups in total. The maximum atomic E-state index is 12.2. The minimum Gasteiger partial charge on any atom is -0.480 e. The summed E-state index contributed by atoms with van der Waals surface area (Å²) in [6, 6.07) is 8.02. The van der Waals surface area contributed by atoms with Gasteiger partial charge in [-0.25, -0.2) is 8.42 Å². The van der Waals surface area contributed by atoms with Gasteiger partial charge in [-0.15, -0.1) is 6.58 Å². The Morgan fingerprint density at radius 2 is 1.95 bits per heavy atom. The number of aryl methyl sites for hydroxylation is 1. The van der Waals surface area contributed by atoms with Gasteiger partial charge in [0, 0.05) is 6.54 Å². The number of nitrogens with zero attached hydrogens (tertiary/aromatic N) is 1. The first-order valence-electron chi connectivity index (χ1n) is 6.90. The molecule has 0 spiro atoms. The number of aliphatic carboxylic acids is 1. The van der Waals surface area contributed by atoms with Gasteiger partial charge in [0.1, 0.15) is 6.04 Å². The summed E-state index contributed by atoms with van der Waals surface area (Å²) in [5.41, 5.74) is 1.04. The lowest BCUT2D eigenvalue weighted by atomic mass is 10.1. The molecule has 0 aliphatic carbocycles. The van der Waals surface area contributed by atoms with E-state index in [1.807, 2.05) is 30.3 Å². The van der Waals surface area contributed by atoms with E-state index < -0.39 is 28.6 Å². The molecule has 1 aromatic rings. The van der Waals surface area contributed by atoms with E-state index in [0.29, 0.717) is 12.8 Å². The van der Waals surface area contributed by atoms with Crippen molar-refractivity contribution in [2.75, 3.05) is 18.9 Å². The molecule has 0 bridgehead atoms. The Bertz CT molecular complexity index is 585. The van der Waals surface area contributed by atoms with Gasteiger partial charge in [-0.2, -0.15) is 4.31 Å². The molecule has 0 saturated carbocycles. The molecule has 1 atom stereocenters. The van der Waals surface area contributed by atoms with Gasteiger partial charge < -0.3 is 10.2 Å². The van der Waals surface area contributed by atoms with Crippen molar-refractivity contribution in [3.05, 3.63) is 48.6 Å². The molecule has 22 heavy (non-hydrogen) atoms. The molecule has 0 aliphatic heterocycles. The van der Waals surface area contributed by atoms with Crippen LogP contribution in [-0.4, -0.2) is 53.9 Å². The quantitative estimate of drug-likeness (QED) is 0.622. The van der Waals surface area contributed by atoms with Crippen LogP contribution in [0.15, 0.2) is 43.0 Å². The third-order valence-corrected chi connectivity index (χ3v) is 4.99. The standard InChI is InChI=1S/C15H21NO5S/c1-2-11-22(20,21)16(14(12-17)15(18)19)10-6-9-13-7-4-3-5-8-13/h2-5,7-8,14,17H,1,6,9-12H2,(H,18,19). The minimum atomic E-state index is -3.81. The van der Waals surface area contributed by atoms with Crippen molar-refractivity contribution in [2.24, 2.45) is 0 Å². The number of carbonyl (C=O) groups is 1. The van der Waals surface area contributed by atoms with E-state index in [2.05, 4.69) is 6.58 Å². The molecule has 0 amide bonds. The third-order valence-electron chi connectivity index (χ3n) is 3.18. The molecular formula is C15H21NO5S. The second-order valence-corrected chi connectivity index (χ2v) is 6.77. The van der Waals surface area contributed by atoms with E-state index in [0.717, 1.165) is 9.87 Å². The van der Waals surface area contributed by atoms with Crippen LogP contribution in [0, 0.1) is 0 Å². The zero-order chi connectivity index (χ0) is 16.6. The Kier molecular flexibility index (Phi) is 7.23. The zero-order valence-corrected chi connectivity index (χ0v) is 13.1. The summed E-state index contributed by atoms with van der Waals surface area (Å²) in [5.74, 6) is -1.72. The average Bonchev–Trinajstić information content (AvgIpc) is 2.47. The average molecular weight is 327 g/mol. The van der Waals surface area contributed by atoms with Crippen LogP contribution in [-0.2, 0) is 21.2 Å². The van der Waals surface area contributed by atoms with E-state index in [1.54, 1.807) is 0 Å². The number of carboxylic acid groups (broad SMARTS) is 1. The predicted molar refractivity (Wildman–Crippen MR) is 84.0 cm³/mol. The van der Waals surface area contributed by atoms with E-state index in [1.165, 1.54) is 6.08 Å². The van der Waals surface area contributed by atoms with Gasteiger partial charge in [-0.05, 0) is 18.4 Å². The Labute approximate surface area is 130 Å². The number of aliphatic hydroxyl groups excluding tert-OH is 1. The van der Waals surface area contributed by atoms with Crippen molar-refractivity contribution in [3.8, 4) is 0 Å². The smallest absolute Gasteiger partial charge is 0.324 e. The molecule has 0 saturated heterocycles. The van der Waals surface area contributed by atoms with Gasteiger partial charge in [0.15, 0.2) is 0 Å². The van der Waals surface area contributed by atoms with E-state index in [4.69, 9.17) is 5.11 Å². The monoisotopic (exact) mass is 327 g/mol. The first-order chi connectivity index (χ1) is 10.4. The van der Waals surface area contributed by atoms with Gasteiger partial charge in [-0.1, -0.05) is 36.4 Å². The van der Waals surface area contributed by atoms with Crippen LogP contribution in [0.3, 0.4) is 0 Å². The van der Waals surface area contributed by atoms with Crippen LogP contribution >= 0.6 is 0 Å². The minimum absolute atomic E-state index is 0.0304. The molecule has 6 nitrogen and oxygen atoms in total. The first-order valence-corrected chi connectivity index (χ1v) is 8.51. The van der Waals surface area contributed by atoms with Gasteiger partial charge >= 0.3 is 5.97 Å². The lowest BCUT2D eigenvalue weighted by Gasteiger charge is -2.26. The highest BCUT2D eigenvalue weighted by atomic mass is 32.2. The lowest BCUT2D eigenvalue weighted by Crippen LogP contribution is -2.48. The van der Waals surface area contributed by atoms with Crippen LogP contribution in [0.1, 0.15) is 12.0 Å². The number of hydrogen-bond donors (Lipinski definition) is 2. The van der Waals surface area contributed by atoms with Crippen molar-refractivity contribution in [2.45, 2.75) is 18.9 Å². The van der Waals surface area contributed by atoms with Crippen LogP contribution in [0.2, 0.25) is 0 Å². The number of sulfonamides is 1. The highest BCUT2D eigenvalue weighted by Gasteiger charge is 2.33. The van der Waals surface area contributed by atoms with Crippen molar-refractivity contribution in [1.29, 1.82) is 0 Å². The normalized spacial score (nSPS) is 13.0. The summed E-state index contributed by atoms with van der Waals surface area (Å²) in [7, 11) is -3.81. The predicted octanol–water partition coefficient (Wildman–Crippen LogP) is 0.883. The van der Waals surface area contributed by atoms with E-state index in [-0.39, 0.29) is 12.3 Å². The molecule has 1 aromatic carbocycles. The summed E-state index contributed by atoms with van der Waals surface area (Å²) in [5, 5.41) is 18.3.